The average molecular weight is 422 g/mol. The summed E-state index contributed by atoms with van der Waals surface area (Å²) in [6.45, 7) is 1.69. The molecule has 1 amide bonds. The van der Waals surface area contributed by atoms with Gasteiger partial charge in [0, 0.05) is 14.1 Å². The number of ether oxygens (including phenoxy) is 2. The van der Waals surface area contributed by atoms with Crippen molar-refractivity contribution < 1.29 is 22.7 Å². The van der Waals surface area contributed by atoms with E-state index >= 15 is 0 Å². The summed E-state index contributed by atoms with van der Waals surface area (Å²) in [5.41, 5.74) is 0.415. The quantitative estimate of drug-likeness (QED) is 0.633. The van der Waals surface area contributed by atoms with Gasteiger partial charge in [0.05, 0.1) is 18.8 Å². The molecule has 2 aromatic rings. The van der Waals surface area contributed by atoms with E-state index in [2.05, 4.69) is 5.32 Å². The van der Waals surface area contributed by atoms with Crippen molar-refractivity contribution in [2.24, 2.45) is 0 Å². The molecule has 2 rings (SSSR count). The third-order valence-corrected chi connectivity index (χ3v) is 5.86. The van der Waals surface area contributed by atoms with Crippen LogP contribution in [0.25, 0.3) is 0 Å². The topological polar surface area (TPSA) is 88.2 Å². The van der Waals surface area contributed by atoms with Crippen molar-refractivity contribution in [3.63, 3.8) is 0 Å². The van der Waals surface area contributed by atoms with Crippen molar-refractivity contribution >= 4 is 21.8 Å². The molecule has 1 N–H and O–H groups in total. The number of hydrogen-bond acceptors (Lipinski definition) is 5. The van der Waals surface area contributed by atoms with Crippen molar-refractivity contribution in [1.29, 1.82) is 0 Å². The number of rotatable bonds is 10. The first-order valence-corrected chi connectivity index (χ1v) is 10.4. The Morgan fingerprint density at radius 2 is 1.62 bits per heavy atom. The van der Waals surface area contributed by atoms with Crippen LogP contribution < -0.4 is 19.1 Å². The van der Waals surface area contributed by atoms with Gasteiger partial charge in [-0.1, -0.05) is 18.2 Å². The predicted octanol–water partition coefficient (Wildman–Crippen LogP) is 1.89. The molecule has 0 bridgehead atoms. The highest BCUT2D eigenvalue weighted by atomic mass is 32.2. The lowest BCUT2D eigenvalue weighted by Crippen LogP contribution is -2.48. The van der Waals surface area contributed by atoms with E-state index in [1.54, 1.807) is 68.6 Å². The number of amides is 1. The number of para-hydroxylation sites is 1. The highest BCUT2D eigenvalue weighted by molar-refractivity contribution is 7.90. The molecule has 0 heterocycles. The Balaban J connectivity index is 1.98. The molecule has 0 aliphatic heterocycles. The Labute approximate surface area is 172 Å². The van der Waals surface area contributed by atoms with Gasteiger partial charge in [-0.25, -0.2) is 4.31 Å². The van der Waals surface area contributed by atoms with Crippen LogP contribution in [0.4, 0.5) is 5.69 Å². The SMILES string of the molecule is COc1ccc(OC[C@@H](C)NC(=O)CN(c2ccccc2)S(=O)(=O)N(C)C)cc1. The van der Waals surface area contributed by atoms with Crippen LogP contribution >= 0.6 is 0 Å². The fourth-order valence-electron chi connectivity index (χ4n) is 2.48. The van der Waals surface area contributed by atoms with Crippen LogP contribution in [0.5, 0.6) is 11.5 Å². The largest absolute Gasteiger partial charge is 0.497 e. The maximum Gasteiger partial charge on any atom is 0.304 e. The van der Waals surface area contributed by atoms with Gasteiger partial charge < -0.3 is 14.8 Å². The van der Waals surface area contributed by atoms with Gasteiger partial charge in [0.15, 0.2) is 0 Å². The molecule has 0 saturated heterocycles. The van der Waals surface area contributed by atoms with Crippen LogP contribution in [0.1, 0.15) is 6.92 Å². The molecule has 8 nitrogen and oxygen atoms in total. The predicted molar refractivity (Wildman–Crippen MR) is 112 cm³/mol. The lowest BCUT2D eigenvalue weighted by molar-refractivity contribution is -0.120. The number of nitrogens with one attached hydrogen (secondary N) is 1. The second-order valence-electron chi connectivity index (χ2n) is 6.59. The maximum atomic E-state index is 12.7. The number of anilines is 1. The molecule has 0 aliphatic rings. The minimum absolute atomic E-state index is 0.240. The first-order valence-electron chi connectivity index (χ1n) is 9.05. The van der Waals surface area contributed by atoms with E-state index in [4.69, 9.17) is 9.47 Å². The van der Waals surface area contributed by atoms with Gasteiger partial charge in [0.25, 0.3) is 0 Å². The highest BCUT2D eigenvalue weighted by Crippen LogP contribution is 2.19. The molecule has 2 aromatic carbocycles. The van der Waals surface area contributed by atoms with Crippen molar-refractivity contribution in [2.75, 3.05) is 38.7 Å². The Morgan fingerprint density at radius 3 is 2.17 bits per heavy atom. The summed E-state index contributed by atoms with van der Waals surface area (Å²) in [7, 11) is 0.614. The summed E-state index contributed by atoms with van der Waals surface area (Å²) in [5.74, 6) is 0.944. The number of benzene rings is 2. The number of carbonyl (C=O) groups is 1. The lowest BCUT2D eigenvalue weighted by Gasteiger charge is -2.27. The van der Waals surface area contributed by atoms with Gasteiger partial charge in [-0.05, 0) is 43.3 Å². The van der Waals surface area contributed by atoms with E-state index in [0.29, 0.717) is 11.4 Å². The van der Waals surface area contributed by atoms with Crippen LogP contribution in [0.3, 0.4) is 0 Å². The Morgan fingerprint density at radius 1 is 1.03 bits per heavy atom. The lowest BCUT2D eigenvalue weighted by atomic mass is 10.3. The Bertz CT molecular complexity index is 886. The Kier molecular flexibility index (Phi) is 7.86. The van der Waals surface area contributed by atoms with Crippen molar-refractivity contribution in [3.05, 3.63) is 54.6 Å². The molecule has 1 atom stereocenters. The highest BCUT2D eigenvalue weighted by Gasteiger charge is 2.27. The first kappa shape index (κ1) is 22.5. The van der Waals surface area contributed by atoms with Crippen LogP contribution in [0.2, 0.25) is 0 Å². The number of carbonyl (C=O) groups excluding carboxylic acids is 1. The van der Waals surface area contributed by atoms with Crippen LogP contribution in [-0.2, 0) is 15.0 Å². The summed E-state index contributed by atoms with van der Waals surface area (Å²) in [6.07, 6.45) is 0. The van der Waals surface area contributed by atoms with Crippen molar-refractivity contribution in [3.8, 4) is 11.5 Å². The monoisotopic (exact) mass is 421 g/mol. The van der Waals surface area contributed by atoms with Crippen molar-refractivity contribution in [1.82, 2.24) is 9.62 Å². The third kappa shape index (κ3) is 6.37. The van der Waals surface area contributed by atoms with Gasteiger partial charge in [0.1, 0.15) is 24.7 Å². The molecule has 0 saturated carbocycles. The van der Waals surface area contributed by atoms with Gasteiger partial charge in [-0.3, -0.25) is 4.79 Å². The maximum absolute atomic E-state index is 12.7. The van der Waals surface area contributed by atoms with E-state index in [1.165, 1.54) is 14.1 Å². The molecule has 9 heteroatoms. The van der Waals surface area contributed by atoms with E-state index in [1.807, 2.05) is 0 Å². The van der Waals surface area contributed by atoms with Crippen LogP contribution in [-0.4, -0.2) is 59.0 Å². The number of hydrogen-bond donors (Lipinski definition) is 1. The van der Waals surface area contributed by atoms with Gasteiger partial charge in [-0.2, -0.15) is 12.7 Å². The fraction of sp³-hybridized carbons (Fsp3) is 0.350. The standard InChI is InChI=1S/C20H27N3O5S/c1-16(15-28-19-12-10-18(27-4)11-13-19)21-20(24)14-23(29(25,26)22(2)3)17-8-6-5-7-9-17/h5-13,16H,14-15H2,1-4H3,(H,21,24)/t16-/m1/s1. The van der Waals surface area contributed by atoms with E-state index < -0.39 is 16.1 Å². The summed E-state index contributed by atoms with van der Waals surface area (Å²) in [4.78, 5) is 12.5. The zero-order valence-electron chi connectivity index (χ0n) is 17.0. The normalized spacial score (nSPS) is 12.3. The zero-order valence-corrected chi connectivity index (χ0v) is 17.8. The molecular weight excluding hydrogens is 394 g/mol. The second-order valence-corrected chi connectivity index (χ2v) is 8.65. The van der Waals surface area contributed by atoms with Gasteiger partial charge in [-0.15, -0.1) is 0 Å². The molecule has 0 fully saturated rings. The molecule has 0 radical (unpaired) electrons. The van der Waals surface area contributed by atoms with Gasteiger partial charge in [0.2, 0.25) is 5.91 Å². The summed E-state index contributed by atoms with van der Waals surface area (Å²) >= 11 is 0. The van der Waals surface area contributed by atoms with Crippen molar-refractivity contribution in [2.45, 2.75) is 13.0 Å². The summed E-state index contributed by atoms with van der Waals surface area (Å²) in [5, 5.41) is 2.77. The zero-order chi connectivity index (χ0) is 21.4. The molecular formula is C20H27N3O5S. The van der Waals surface area contributed by atoms with E-state index in [9.17, 15) is 13.2 Å². The molecule has 0 spiro atoms. The van der Waals surface area contributed by atoms with E-state index in [0.717, 1.165) is 14.4 Å². The fourth-order valence-corrected chi connectivity index (χ4v) is 3.55. The Hall–Kier alpha value is -2.78. The van der Waals surface area contributed by atoms with Crippen LogP contribution in [0.15, 0.2) is 54.6 Å². The smallest absolute Gasteiger partial charge is 0.304 e. The first-order chi connectivity index (χ1) is 13.7. The van der Waals surface area contributed by atoms with E-state index in [-0.39, 0.29) is 19.2 Å². The molecule has 158 valence electrons. The van der Waals surface area contributed by atoms with Gasteiger partial charge >= 0.3 is 10.2 Å². The molecule has 0 unspecified atom stereocenters. The minimum Gasteiger partial charge on any atom is -0.497 e. The minimum atomic E-state index is -3.82. The number of nitrogens with zero attached hydrogens (tertiary/aromatic N) is 2. The second kappa shape index (κ2) is 10.1. The number of methoxy groups -OCH3 is 1. The molecule has 29 heavy (non-hydrogen) atoms. The summed E-state index contributed by atoms with van der Waals surface area (Å²) < 4.78 is 38.2. The average Bonchev–Trinajstić information content (AvgIpc) is 2.71. The summed E-state index contributed by atoms with van der Waals surface area (Å²) in [6, 6.07) is 15.3. The molecule has 0 aromatic heterocycles. The third-order valence-electron chi connectivity index (χ3n) is 4.04. The molecule has 0 aliphatic carbocycles. The van der Waals surface area contributed by atoms with Crippen LogP contribution in [0, 0.1) is 0 Å².